The van der Waals surface area contributed by atoms with Crippen molar-refractivity contribution in [1.82, 2.24) is 10.6 Å². The van der Waals surface area contributed by atoms with Gasteiger partial charge < -0.3 is 5.32 Å². The molecule has 1 saturated heterocycles. The normalized spacial score (nSPS) is 20.8. The summed E-state index contributed by atoms with van der Waals surface area (Å²) in [6.07, 6.45) is 0. The molecule has 0 saturated carbocycles. The predicted octanol–water partition coefficient (Wildman–Crippen LogP) is 0.877. The number of carbonyl (C=O) groups is 2. The van der Waals surface area contributed by atoms with Gasteiger partial charge >= 0.3 is 6.03 Å². The van der Waals surface area contributed by atoms with Crippen LogP contribution in [0.5, 0.6) is 0 Å². The third-order valence-electron chi connectivity index (χ3n) is 2.74. The lowest BCUT2D eigenvalue weighted by Crippen LogP contribution is -2.55. The molecule has 74 valence electrons. The minimum atomic E-state index is -0.725. The highest BCUT2D eigenvalue weighted by Crippen LogP contribution is 2.28. The minimum Gasteiger partial charge on any atom is -0.323 e. The summed E-state index contributed by atoms with van der Waals surface area (Å²) in [6.45, 7) is 7.74. The molecule has 0 bridgehead atoms. The van der Waals surface area contributed by atoms with Gasteiger partial charge in [-0.05, 0) is 11.8 Å². The topological polar surface area (TPSA) is 58.2 Å². The van der Waals surface area contributed by atoms with Crippen molar-refractivity contribution in [3.63, 3.8) is 0 Å². The Hall–Kier alpha value is -1.06. The van der Waals surface area contributed by atoms with E-state index in [0.717, 1.165) is 0 Å². The molecule has 3 amide bonds. The van der Waals surface area contributed by atoms with E-state index >= 15 is 0 Å². The fourth-order valence-corrected chi connectivity index (χ4v) is 1.96. The first-order chi connectivity index (χ1) is 5.91. The first kappa shape index (κ1) is 10.0. The molecule has 0 aliphatic carbocycles. The Balaban J connectivity index is 3.05. The summed E-state index contributed by atoms with van der Waals surface area (Å²) in [7, 11) is 0. The number of amides is 3. The Morgan fingerprint density at radius 1 is 1.08 bits per heavy atom. The summed E-state index contributed by atoms with van der Waals surface area (Å²) in [5, 5.41) is 5.00. The summed E-state index contributed by atoms with van der Waals surface area (Å²) < 4.78 is 0. The zero-order valence-corrected chi connectivity index (χ0v) is 8.47. The van der Waals surface area contributed by atoms with E-state index in [4.69, 9.17) is 0 Å². The molecular weight excluding hydrogens is 168 g/mol. The summed E-state index contributed by atoms with van der Waals surface area (Å²) in [5.41, 5.74) is -0.725. The zero-order valence-electron chi connectivity index (χ0n) is 8.47. The number of rotatable bonds is 2. The lowest BCUT2D eigenvalue weighted by molar-refractivity contribution is -0.127. The number of hydrogen-bond donors (Lipinski definition) is 2. The molecule has 0 unspecified atom stereocenters. The standard InChI is InChI=1S/C9H16N2O2/c1-5(2)9(6(3)4)7(12)10-8(13)11-9/h5-6H,1-4H3,(H2,10,11,12,13). The first-order valence-corrected chi connectivity index (χ1v) is 4.54. The quantitative estimate of drug-likeness (QED) is 0.626. The molecule has 1 aliphatic heterocycles. The van der Waals surface area contributed by atoms with Crippen molar-refractivity contribution in [2.45, 2.75) is 33.2 Å². The molecule has 0 spiro atoms. The molecule has 0 atom stereocenters. The highest BCUT2D eigenvalue weighted by molar-refractivity contribution is 6.07. The lowest BCUT2D eigenvalue weighted by atomic mass is 9.77. The van der Waals surface area contributed by atoms with Crippen LogP contribution in [0.25, 0.3) is 0 Å². The molecule has 1 aliphatic rings. The van der Waals surface area contributed by atoms with Crippen molar-refractivity contribution in [3.8, 4) is 0 Å². The molecule has 0 aromatic heterocycles. The third kappa shape index (κ3) is 1.30. The molecule has 0 aromatic carbocycles. The number of carbonyl (C=O) groups excluding carboxylic acids is 2. The van der Waals surface area contributed by atoms with E-state index in [1.807, 2.05) is 27.7 Å². The number of urea groups is 1. The second-order valence-corrected chi connectivity index (χ2v) is 4.09. The smallest absolute Gasteiger partial charge is 0.322 e. The maximum atomic E-state index is 11.6. The second kappa shape index (κ2) is 3.01. The molecule has 1 fully saturated rings. The van der Waals surface area contributed by atoms with Crippen molar-refractivity contribution in [2.75, 3.05) is 0 Å². The van der Waals surface area contributed by atoms with Gasteiger partial charge in [0, 0.05) is 0 Å². The van der Waals surface area contributed by atoms with Crippen LogP contribution in [0.3, 0.4) is 0 Å². The van der Waals surface area contributed by atoms with Gasteiger partial charge in [0.2, 0.25) is 0 Å². The number of imide groups is 1. The van der Waals surface area contributed by atoms with Gasteiger partial charge in [0.1, 0.15) is 5.54 Å². The summed E-state index contributed by atoms with van der Waals surface area (Å²) in [5.74, 6) is -0.0135. The van der Waals surface area contributed by atoms with E-state index in [1.54, 1.807) is 0 Å². The summed E-state index contributed by atoms with van der Waals surface area (Å²) in [6, 6.07) is -0.382. The van der Waals surface area contributed by atoms with Crippen molar-refractivity contribution < 1.29 is 9.59 Å². The average Bonchev–Trinajstić information content (AvgIpc) is 2.26. The van der Waals surface area contributed by atoms with E-state index in [-0.39, 0.29) is 23.8 Å². The summed E-state index contributed by atoms with van der Waals surface area (Å²) >= 11 is 0. The minimum absolute atomic E-state index is 0.0962. The van der Waals surface area contributed by atoms with Gasteiger partial charge in [-0.1, -0.05) is 27.7 Å². The average molecular weight is 184 g/mol. The number of hydrogen-bond acceptors (Lipinski definition) is 2. The van der Waals surface area contributed by atoms with Gasteiger partial charge in [-0.3, -0.25) is 10.1 Å². The second-order valence-electron chi connectivity index (χ2n) is 4.09. The van der Waals surface area contributed by atoms with Crippen LogP contribution in [-0.4, -0.2) is 17.5 Å². The zero-order chi connectivity index (χ0) is 10.2. The number of nitrogens with one attached hydrogen (secondary N) is 2. The van der Waals surface area contributed by atoms with Gasteiger partial charge in [-0.2, -0.15) is 0 Å². The maximum absolute atomic E-state index is 11.6. The van der Waals surface area contributed by atoms with Gasteiger partial charge in [0.05, 0.1) is 0 Å². The Labute approximate surface area is 78.1 Å². The van der Waals surface area contributed by atoms with Crippen LogP contribution >= 0.6 is 0 Å². The van der Waals surface area contributed by atoms with E-state index in [9.17, 15) is 9.59 Å². The highest BCUT2D eigenvalue weighted by Gasteiger charge is 2.50. The lowest BCUT2D eigenvalue weighted by Gasteiger charge is -2.33. The van der Waals surface area contributed by atoms with Gasteiger partial charge in [-0.15, -0.1) is 0 Å². The Morgan fingerprint density at radius 2 is 1.54 bits per heavy atom. The van der Waals surface area contributed by atoms with Crippen LogP contribution in [0.2, 0.25) is 0 Å². The van der Waals surface area contributed by atoms with Crippen molar-refractivity contribution in [2.24, 2.45) is 11.8 Å². The van der Waals surface area contributed by atoms with E-state index < -0.39 is 5.54 Å². The SMILES string of the molecule is CC(C)C1(C(C)C)NC(=O)NC1=O. The highest BCUT2D eigenvalue weighted by atomic mass is 16.2. The molecule has 13 heavy (non-hydrogen) atoms. The molecule has 4 heteroatoms. The molecule has 1 rings (SSSR count). The third-order valence-corrected chi connectivity index (χ3v) is 2.74. The maximum Gasteiger partial charge on any atom is 0.322 e. The van der Waals surface area contributed by atoms with Crippen LogP contribution in [0.15, 0.2) is 0 Å². The molecular formula is C9H16N2O2. The summed E-state index contributed by atoms with van der Waals surface area (Å²) in [4.78, 5) is 22.6. The fourth-order valence-electron chi connectivity index (χ4n) is 1.96. The molecule has 0 aromatic rings. The van der Waals surface area contributed by atoms with Crippen LogP contribution in [0.1, 0.15) is 27.7 Å². The van der Waals surface area contributed by atoms with Gasteiger partial charge in [-0.25, -0.2) is 4.79 Å². The van der Waals surface area contributed by atoms with Crippen LogP contribution < -0.4 is 10.6 Å². The van der Waals surface area contributed by atoms with E-state index in [0.29, 0.717) is 0 Å². The van der Waals surface area contributed by atoms with Gasteiger partial charge in [0.15, 0.2) is 0 Å². The predicted molar refractivity (Wildman–Crippen MR) is 49.1 cm³/mol. The fraction of sp³-hybridized carbons (Fsp3) is 0.778. The van der Waals surface area contributed by atoms with E-state index in [1.165, 1.54) is 0 Å². The van der Waals surface area contributed by atoms with Gasteiger partial charge in [0.25, 0.3) is 5.91 Å². The Bertz CT molecular complexity index is 238. The van der Waals surface area contributed by atoms with Crippen molar-refractivity contribution >= 4 is 11.9 Å². The van der Waals surface area contributed by atoms with Crippen molar-refractivity contribution in [3.05, 3.63) is 0 Å². The largest absolute Gasteiger partial charge is 0.323 e. The van der Waals surface area contributed by atoms with Crippen LogP contribution in [-0.2, 0) is 4.79 Å². The monoisotopic (exact) mass is 184 g/mol. The van der Waals surface area contributed by atoms with Crippen LogP contribution in [0, 0.1) is 11.8 Å². The Kier molecular flexibility index (Phi) is 2.32. The van der Waals surface area contributed by atoms with Crippen LogP contribution in [0.4, 0.5) is 4.79 Å². The Morgan fingerprint density at radius 3 is 1.69 bits per heavy atom. The van der Waals surface area contributed by atoms with E-state index in [2.05, 4.69) is 10.6 Å². The molecule has 1 heterocycles. The molecule has 0 radical (unpaired) electrons. The molecule has 4 nitrogen and oxygen atoms in total. The molecule has 2 N–H and O–H groups in total. The first-order valence-electron chi connectivity index (χ1n) is 4.54. The van der Waals surface area contributed by atoms with Crippen molar-refractivity contribution in [1.29, 1.82) is 0 Å².